The molecule has 0 amide bonds. The Kier molecular flexibility index (Phi) is 11.2. The van der Waals surface area contributed by atoms with Crippen LogP contribution in [0.25, 0.3) is 0 Å². The van der Waals surface area contributed by atoms with Gasteiger partial charge in [-0.3, -0.25) is 10.1 Å². The van der Waals surface area contributed by atoms with Crippen LogP contribution >= 0.6 is 11.8 Å². The summed E-state index contributed by atoms with van der Waals surface area (Å²) in [7, 11) is 3.99. The van der Waals surface area contributed by atoms with E-state index in [0.717, 1.165) is 47.2 Å². The molecule has 0 radical (unpaired) electrons. The van der Waals surface area contributed by atoms with Gasteiger partial charge in [0.1, 0.15) is 23.2 Å². The van der Waals surface area contributed by atoms with E-state index in [9.17, 15) is 14.5 Å². The van der Waals surface area contributed by atoms with E-state index in [1.165, 1.54) is 12.1 Å². The van der Waals surface area contributed by atoms with Crippen molar-refractivity contribution >= 4 is 17.6 Å². The third kappa shape index (κ3) is 10.5. The molecule has 2 aromatic heterocycles. The number of nitrogens with one attached hydrogen (secondary N) is 2. The van der Waals surface area contributed by atoms with E-state index in [4.69, 9.17) is 4.42 Å². The molecule has 9 nitrogen and oxygen atoms in total. The van der Waals surface area contributed by atoms with Crippen molar-refractivity contribution in [3.05, 3.63) is 106 Å². The van der Waals surface area contributed by atoms with E-state index in [1.54, 1.807) is 30.1 Å². The summed E-state index contributed by atoms with van der Waals surface area (Å²) in [6.07, 6.45) is 2.65. The highest BCUT2D eigenvalue weighted by atomic mass is 32.2. The highest BCUT2D eigenvalue weighted by Gasteiger charge is 2.10. The van der Waals surface area contributed by atoms with Crippen LogP contribution < -0.4 is 15.5 Å². The lowest BCUT2D eigenvalue weighted by Crippen LogP contribution is -2.36. The molecule has 11 heteroatoms. The number of nitro groups is 1. The first kappa shape index (κ1) is 28.0. The van der Waals surface area contributed by atoms with Crippen LogP contribution in [0.3, 0.4) is 0 Å². The van der Waals surface area contributed by atoms with Gasteiger partial charge >= 0.3 is 0 Å². The lowest BCUT2D eigenvalue weighted by atomic mass is 10.2. The molecule has 0 aliphatic rings. The summed E-state index contributed by atoms with van der Waals surface area (Å²) in [5, 5.41) is 17.4. The van der Waals surface area contributed by atoms with E-state index in [1.807, 2.05) is 54.2 Å². The Morgan fingerprint density at radius 3 is 2.54 bits per heavy atom. The average Bonchev–Trinajstić information content (AvgIpc) is 3.31. The van der Waals surface area contributed by atoms with Crippen LogP contribution in [0.2, 0.25) is 0 Å². The van der Waals surface area contributed by atoms with Gasteiger partial charge in [-0.1, -0.05) is 18.2 Å². The molecular weight excluding hydrogens is 495 g/mol. The van der Waals surface area contributed by atoms with Crippen molar-refractivity contribution < 1.29 is 13.7 Å². The summed E-state index contributed by atoms with van der Waals surface area (Å²) in [6.45, 7) is 2.82. The minimum atomic E-state index is -0.480. The standard InChI is InChI=1S/C26H33FN6O3S/c1-31(2)18-23-10-11-24(36-23)20-37-16-14-29-25(19-33(34)35)28-13-15-32(26-5-3-4-12-30-26)17-21-6-8-22(27)9-7-21/h3-12,19,28-29H,13-18,20H2,1-2H3/b25-19+. The van der Waals surface area contributed by atoms with Gasteiger partial charge in [-0.2, -0.15) is 11.8 Å². The maximum absolute atomic E-state index is 13.3. The SMILES string of the molecule is CN(C)Cc1ccc(CSCCN/C(=C/[N+](=O)[O-])NCCN(Cc2ccc(F)cc2)c2ccccn2)o1. The topological polar surface area (TPSA) is 99.7 Å². The molecule has 0 saturated heterocycles. The number of aromatic nitrogens is 1. The first-order chi connectivity index (χ1) is 17.9. The molecule has 0 fully saturated rings. The lowest BCUT2D eigenvalue weighted by Gasteiger charge is -2.24. The Hall–Kier alpha value is -3.57. The van der Waals surface area contributed by atoms with Gasteiger partial charge in [0.05, 0.1) is 17.2 Å². The number of hydrogen-bond acceptors (Lipinski definition) is 9. The Morgan fingerprint density at radius 1 is 1.08 bits per heavy atom. The van der Waals surface area contributed by atoms with Crippen molar-refractivity contribution in [1.82, 2.24) is 20.5 Å². The fraction of sp³-hybridized carbons (Fsp3) is 0.346. The zero-order valence-electron chi connectivity index (χ0n) is 21.1. The number of nitrogens with zero attached hydrogens (tertiary/aromatic N) is 4. The summed E-state index contributed by atoms with van der Waals surface area (Å²) in [5.74, 6) is 4.16. The van der Waals surface area contributed by atoms with E-state index in [2.05, 4.69) is 15.6 Å². The van der Waals surface area contributed by atoms with Crippen molar-refractivity contribution in [3.8, 4) is 0 Å². The lowest BCUT2D eigenvalue weighted by molar-refractivity contribution is -0.404. The van der Waals surface area contributed by atoms with Gasteiger partial charge < -0.3 is 24.9 Å². The zero-order valence-corrected chi connectivity index (χ0v) is 21.9. The second kappa shape index (κ2) is 14.9. The monoisotopic (exact) mass is 528 g/mol. The van der Waals surface area contributed by atoms with Gasteiger partial charge in [0, 0.05) is 38.1 Å². The number of benzene rings is 1. The number of anilines is 1. The summed E-state index contributed by atoms with van der Waals surface area (Å²) in [6, 6.07) is 15.9. The molecule has 0 aliphatic heterocycles. The minimum Gasteiger partial charge on any atom is -0.464 e. The van der Waals surface area contributed by atoms with Crippen LogP contribution in [0.4, 0.5) is 10.2 Å². The van der Waals surface area contributed by atoms with Gasteiger partial charge in [0.25, 0.3) is 6.20 Å². The fourth-order valence-corrected chi connectivity index (χ4v) is 4.28. The second-order valence-electron chi connectivity index (χ2n) is 8.58. The molecule has 0 unspecified atom stereocenters. The molecule has 37 heavy (non-hydrogen) atoms. The van der Waals surface area contributed by atoms with Crippen LogP contribution in [0.5, 0.6) is 0 Å². The van der Waals surface area contributed by atoms with Gasteiger partial charge in [-0.05, 0) is 56.1 Å². The van der Waals surface area contributed by atoms with E-state index in [-0.39, 0.29) is 5.82 Å². The Balaban J connectivity index is 1.47. The number of thioether (sulfide) groups is 1. The highest BCUT2D eigenvalue weighted by Crippen LogP contribution is 2.16. The molecule has 198 valence electrons. The van der Waals surface area contributed by atoms with Crippen LogP contribution in [-0.2, 0) is 18.8 Å². The van der Waals surface area contributed by atoms with Crippen molar-refractivity contribution in [2.75, 3.05) is 44.4 Å². The van der Waals surface area contributed by atoms with Crippen LogP contribution in [-0.4, -0.2) is 54.3 Å². The van der Waals surface area contributed by atoms with E-state index in [0.29, 0.717) is 32.0 Å². The van der Waals surface area contributed by atoms with Crippen LogP contribution in [0.15, 0.2) is 77.2 Å². The predicted molar refractivity (Wildman–Crippen MR) is 145 cm³/mol. The highest BCUT2D eigenvalue weighted by molar-refractivity contribution is 7.98. The molecule has 2 heterocycles. The quantitative estimate of drug-likeness (QED) is 0.162. The van der Waals surface area contributed by atoms with Crippen molar-refractivity contribution in [2.24, 2.45) is 0 Å². The van der Waals surface area contributed by atoms with Crippen molar-refractivity contribution in [3.63, 3.8) is 0 Å². The smallest absolute Gasteiger partial charge is 0.274 e. The molecule has 2 N–H and O–H groups in total. The van der Waals surface area contributed by atoms with Gasteiger partial charge in [0.2, 0.25) is 0 Å². The predicted octanol–water partition coefficient (Wildman–Crippen LogP) is 4.07. The molecule has 0 aliphatic carbocycles. The molecule has 0 saturated carbocycles. The summed E-state index contributed by atoms with van der Waals surface area (Å²) in [5.41, 5.74) is 0.939. The number of pyridine rings is 1. The van der Waals surface area contributed by atoms with Gasteiger partial charge in [-0.25, -0.2) is 9.37 Å². The fourth-order valence-electron chi connectivity index (χ4n) is 3.54. The van der Waals surface area contributed by atoms with Crippen LogP contribution in [0, 0.1) is 15.9 Å². The minimum absolute atomic E-state index is 0.285. The number of furan rings is 1. The third-order valence-corrected chi connectivity index (χ3v) is 6.17. The van der Waals surface area contributed by atoms with Crippen molar-refractivity contribution in [2.45, 2.75) is 18.8 Å². The molecule has 0 spiro atoms. The molecule has 0 atom stereocenters. The summed E-state index contributed by atoms with van der Waals surface area (Å²) in [4.78, 5) is 19.2. The summed E-state index contributed by atoms with van der Waals surface area (Å²) >= 11 is 1.69. The van der Waals surface area contributed by atoms with Crippen molar-refractivity contribution in [1.29, 1.82) is 0 Å². The first-order valence-electron chi connectivity index (χ1n) is 11.9. The van der Waals surface area contributed by atoms with E-state index < -0.39 is 4.92 Å². The average molecular weight is 529 g/mol. The second-order valence-corrected chi connectivity index (χ2v) is 9.68. The number of hydrogen-bond donors (Lipinski definition) is 2. The normalized spacial score (nSPS) is 11.5. The Bertz CT molecular complexity index is 1120. The summed E-state index contributed by atoms with van der Waals surface area (Å²) < 4.78 is 19.1. The molecule has 3 aromatic rings. The molecular formula is C26H33FN6O3S. The first-order valence-corrected chi connectivity index (χ1v) is 13.1. The maximum Gasteiger partial charge on any atom is 0.274 e. The van der Waals surface area contributed by atoms with E-state index >= 15 is 0 Å². The number of rotatable bonds is 16. The largest absolute Gasteiger partial charge is 0.464 e. The number of halogens is 1. The molecule has 0 bridgehead atoms. The maximum atomic E-state index is 13.3. The van der Waals surface area contributed by atoms with Gasteiger partial charge in [-0.15, -0.1) is 0 Å². The Morgan fingerprint density at radius 2 is 1.84 bits per heavy atom. The van der Waals surface area contributed by atoms with Crippen LogP contribution in [0.1, 0.15) is 17.1 Å². The van der Waals surface area contributed by atoms with Gasteiger partial charge in [0.15, 0.2) is 5.82 Å². The molecule has 1 aromatic carbocycles. The molecule has 3 rings (SSSR count). The Labute approximate surface area is 220 Å². The zero-order chi connectivity index (χ0) is 26.5. The third-order valence-electron chi connectivity index (χ3n) is 5.19.